The molecule has 3 rings (SSSR count). The first-order valence-electron chi connectivity index (χ1n) is 6.67. The summed E-state index contributed by atoms with van der Waals surface area (Å²) in [7, 11) is 0. The summed E-state index contributed by atoms with van der Waals surface area (Å²) in [5.41, 5.74) is 1.33. The van der Waals surface area contributed by atoms with Crippen LogP contribution in [0.1, 0.15) is 24.8 Å². The number of fused-ring (bicyclic) bond motifs is 2. The van der Waals surface area contributed by atoms with Crippen LogP contribution in [-0.2, 0) is 11.3 Å². The number of hydrogen-bond acceptors (Lipinski definition) is 3. The van der Waals surface area contributed by atoms with Gasteiger partial charge < -0.3 is 4.74 Å². The van der Waals surface area contributed by atoms with Crippen LogP contribution in [0.4, 0.5) is 0 Å². The Kier molecular flexibility index (Phi) is 3.31. The van der Waals surface area contributed by atoms with E-state index in [0.29, 0.717) is 6.04 Å². The number of rotatable bonds is 2. The summed E-state index contributed by atoms with van der Waals surface area (Å²) in [4.78, 5) is 2.44. The molecule has 1 aromatic rings. The van der Waals surface area contributed by atoms with Gasteiger partial charge in [0.2, 0.25) is 0 Å². The maximum Gasteiger partial charge on any atom is 0.112 e. The fourth-order valence-electron chi connectivity index (χ4n) is 3.09. The van der Waals surface area contributed by atoms with Crippen molar-refractivity contribution < 1.29 is 4.74 Å². The quantitative estimate of drug-likeness (QED) is 0.799. The molecule has 1 unspecified atom stereocenters. The maximum absolute atomic E-state index is 9.10. The molecule has 3 atom stereocenters. The summed E-state index contributed by atoms with van der Waals surface area (Å²) < 4.78 is 5.84. The van der Waals surface area contributed by atoms with Crippen molar-refractivity contribution in [1.82, 2.24) is 4.90 Å². The van der Waals surface area contributed by atoms with Crippen LogP contribution in [0, 0.1) is 17.2 Å². The van der Waals surface area contributed by atoms with E-state index < -0.39 is 0 Å². The van der Waals surface area contributed by atoms with E-state index in [1.165, 1.54) is 5.56 Å². The van der Waals surface area contributed by atoms with Gasteiger partial charge in [0, 0.05) is 19.0 Å². The topological polar surface area (TPSA) is 36.3 Å². The van der Waals surface area contributed by atoms with E-state index in [0.717, 1.165) is 32.4 Å². The first-order valence-corrected chi connectivity index (χ1v) is 6.67. The van der Waals surface area contributed by atoms with Crippen molar-refractivity contribution in [3.63, 3.8) is 0 Å². The number of nitriles is 1. The van der Waals surface area contributed by atoms with Crippen LogP contribution in [0.15, 0.2) is 30.3 Å². The molecule has 3 nitrogen and oxygen atoms in total. The average Bonchev–Trinajstić information content (AvgIpc) is 2.39. The molecule has 2 fully saturated rings. The fraction of sp³-hybridized carbons (Fsp3) is 0.533. The SMILES string of the molecule is N#CC1C[C@@H]2CCO[C@H](C1)N2Cc1ccccc1. The second-order valence-corrected chi connectivity index (χ2v) is 5.22. The second-order valence-electron chi connectivity index (χ2n) is 5.22. The Morgan fingerprint density at radius 3 is 2.83 bits per heavy atom. The fourth-order valence-corrected chi connectivity index (χ4v) is 3.09. The van der Waals surface area contributed by atoms with E-state index in [-0.39, 0.29) is 12.1 Å². The van der Waals surface area contributed by atoms with Crippen LogP contribution in [-0.4, -0.2) is 23.8 Å². The highest BCUT2D eigenvalue weighted by atomic mass is 16.5. The zero-order chi connectivity index (χ0) is 12.4. The van der Waals surface area contributed by atoms with Gasteiger partial charge >= 0.3 is 0 Å². The second kappa shape index (κ2) is 5.09. The van der Waals surface area contributed by atoms with Gasteiger partial charge in [0.1, 0.15) is 6.23 Å². The predicted octanol–water partition coefficient (Wildman–Crippen LogP) is 2.54. The van der Waals surface area contributed by atoms with Crippen molar-refractivity contribution in [2.75, 3.05) is 6.61 Å². The van der Waals surface area contributed by atoms with E-state index in [4.69, 9.17) is 10.00 Å². The van der Waals surface area contributed by atoms with Crippen LogP contribution >= 0.6 is 0 Å². The molecule has 0 aromatic heterocycles. The summed E-state index contributed by atoms with van der Waals surface area (Å²) >= 11 is 0. The summed E-state index contributed by atoms with van der Waals surface area (Å²) in [5.74, 6) is 0.173. The predicted molar refractivity (Wildman–Crippen MR) is 68.5 cm³/mol. The third-order valence-electron chi connectivity index (χ3n) is 4.03. The molecule has 0 radical (unpaired) electrons. The van der Waals surface area contributed by atoms with Crippen LogP contribution in [0.2, 0.25) is 0 Å². The molecule has 2 aliphatic rings. The van der Waals surface area contributed by atoms with Crippen molar-refractivity contribution >= 4 is 0 Å². The van der Waals surface area contributed by atoms with Crippen LogP contribution in [0.3, 0.4) is 0 Å². The minimum absolute atomic E-state index is 0.141. The minimum Gasteiger partial charge on any atom is -0.363 e. The first kappa shape index (κ1) is 11.7. The molecular weight excluding hydrogens is 224 g/mol. The summed E-state index contributed by atoms with van der Waals surface area (Å²) in [6, 6.07) is 13.4. The lowest BCUT2D eigenvalue weighted by atomic mass is 9.87. The number of hydrogen-bond donors (Lipinski definition) is 0. The summed E-state index contributed by atoms with van der Waals surface area (Å²) in [6.07, 6.45) is 3.06. The van der Waals surface area contributed by atoms with Gasteiger partial charge in [0.25, 0.3) is 0 Å². The smallest absolute Gasteiger partial charge is 0.112 e. The normalized spacial score (nSPS) is 31.8. The molecule has 94 valence electrons. The Hall–Kier alpha value is -1.37. The monoisotopic (exact) mass is 242 g/mol. The molecule has 0 spiro atoms. The van der Waals surface area contributed by atoms with Crippen molar-refractivity contribution in [2.24, 2.45) is 5.92 Å². The molecule has 3 heteroatoms. The Balaban J connectivity index is 1.74. The molecule has 18 heavy (non-hydrogen) atoms. The van der Waals surface area contributed by atoms with Crippen molar-refractivity contribution in [1.29, 1.82) is 5.26 Å². The molecule has 2 bridgehead atoms. The van der Waals surface area contributed by atoms with E-state index in [1.54, 1.807) is 0 Å². The molecule has 0 saturated carbocycles. The molecule has 0 amide bonds. The van der Waals surface area contributed by atoms with Crippen LogP contribution in [0.25, 0.3) is 0 Å². The molecule has 0 aliphatic carbocycles. The maximum atomic E-state index is 9.10. The highest BCUT2D eigenvalue weighted by Gasteiger charge is 2.38. The average molecular weight is 242 g/mol. The highest BCUT2D eigenvalue weighted by Crippen LogP contribution is 2.34. The van der Waals surface area contributed by atoms with Gasteiger partial charge in [-0.15, -0.1) is 0 Å². The molecule has 2 heterocycles. The Bertz CT molecular complexity index is 426. The number of nitrogens with zero attached hydrogens (tertiary/aromatic N) is 2. The molecule has 0 N–H and O–H groups in total. The van der Waals surface area contributed by atoms with E-state index >= 15 is 0 Å². The first-order chi connectivity index (χ1) is 8.86. The standard InChI is InChI=1S/C15H18N2O/c16-10-13-8-14-6-7-18-15(9-13)17(14)11-12-4-2-1-3-5-12/h1-5,13-15H,6-9,11H2/t13?,14-,15+/m0/s1. The molecule has 2 aliphatic heterocycles. The molecular formula is C15H18N2O. The van der Waals surface area contributed by atoms with Gasteiger partial charge in [-0.2, -0.15) is 5.26 Å². The lowest BCUT2D eigenvalue weighted by Gasteiger charge is -2.47. The van der Waals surface area contributed by atoms with Gasteiger partial charge in [0.15, 0.2) is 0 Å². The third kappa shape index (κ3) is 2.27. The Labute approximate surface area is 108 Å². The van der Waals surface area contributed by atoms with Gasteiger partial charge in [0.05, 0.1) is 18.6 Å². The van der Waals surface area contributed by atoms with Crippen molar-refractivity contribution in [3.8, 4) is 6.07 Å². The molecule has 2 saturated heterocycles. The van der Waals surface area contributed by atoms with E-state index in [1.807, 2.05) is 6.07 Å². The highest BCUT2D eigenvalue weighted by molar-refractivity contribution is 5.15. The van der Waals surface area contributed by atoms with Gasteiger partial charge in [-0.05, 0) is 18.4 Å². The summed E-state index contributed by atoms with van der Waals surface area (Å²) in [5, 5.41) is 9.10. The number of benzene rings is 1. The lowest BCUT2D eigenvalue weighted by Crippen LogP contribution is -2.53. The van der Waals surface area contributed by atoms with E-state index in [2.05, 4.69) is 35.2 Å². The lowest BCUT2D eigenvalue weighted by molar-refractivity contribution is -0.157. The minimum atomic E-state index is 0.141. The largest absolute Gasteiger partial charge is 0.363 e. The zero-order valence-electron chi connectivity index (χ0n) is 10.5. The summed E-state index contributed by atoms with van der Waals surface area (Å²) in [6.45, 7) is 1.78. The van der Waals surface area contributed by atoms with Crippen LogP contribution < -0.4 is 0 Å². The van der Waals surface area contributed by atoms with Gasteiger partial charge in [-0.1, -0.05) is 30.3 Å². The molecule has 1 aromatic carbocycles. The number of ether oxygens (including phenoxy) is 1. The van der Waals surface area contributed by atoms with Gasteiger partial charge in [-0.3, -0.25) is 4.90 Å². The van der Waals surface area contributed by atoms with Gasteiger partial charge in [-0.25, -0.2) is 0 Å². The van der Waals surface area contributed by atoms with Crippen molar-refractivity contribution in [3.05, 3.63) is 35.9 Å². The van der Waals surface area contributed by atoms with Crippen LogP contribution in [0.5, 0.6) is 0 Å². The number of piperidine rings is 1. The van der Waals surface area contributed by atoms with E-state index in [9.17, 15) is 0 Å². The third-order valence-corrected chi connectivity index (χ3v) is 4.03. The Morgan fingerprint density at radius 1 is 1.28 bits per heavy atom. The zero-order valence-corrected chi connectivity index (χ0v) is 10.5. The van der Waals surface area contributed by atoms with Crippen molar-refractivity contribution in [2.45, 2.75) is 38.1 Å². The Morgan fingerprint density at radius 2 is 2.11 bits per heavy atom.